The van der Waals surface area contributed by atoms with Crippen LogP contribution in [0, 0.1) is 6.92 Å². The van der Waals surface area contributed by atoms with Crippen LogP contribution >= 0.6 is 0 Å². The number of morpholine rings is 1. The van der Waals surface area contributed by atoms with Gasteiger partial charge < -0.3 is 14.6 Å². The zero-order valence-electron chi connectivity index (χ0n) is 15.1. The summed E-state index contributed by atoms with van der Waals surface area (Å²) in [6.07, 6.45) is 3.94. The maximum absolute atomic E-state index is 13.0. The molecule has 134 valence electrons. The third-order valence-electron chi connectivity index (χ3n) is 5.17. The van der Waals surface area contributed by atoms with Gasteiger partial charge in [0.15, 0.2) is 0 Å². The van der Waals surface area contributed by atoms with Crippen LogP contribution in [0.5, 0.6) is 0 Å². The molecule has 1 fully saturated rings. The molecule has 1 amide bonds. The Balaban J connectivity index is 1.53. The van der Waals surface area contributed by atoms with Gasteiger partial charge in [-0.05, 0) is 42.7 Å². The number of hydrogen-bond donors (Lipinski definition) is 1. The molecule has 1 aromatic carbocycles. The lowest BCUT2D eigenvalue weighted by Gasteiger charge is -2.38. The minimum Gasteiger partial charge on any atom is -0.370 e. The van der Waals surface area contributed by atoms with Crippen LogP contribution in [-0.4, -0.2) is 40.0 Å². The van der Waals surface area contributed by atoms with Crippen LogP contribution in [0.2, 0.25) is 0 Å². The van der Waals surface area contributed by atoms with Gasteiger partial charge in [-0.1, -0.05) is 24.3 Å². The van der Waals surface area contributed by atoms with Gasteiger partial charge in [0.2, 0.25) is 5.91 Å². The number of fused-ring (bicyclic) bond motifs is 1. The van der Waals surface area contributed by atoms with Crippen molar-refractivity contribution >= 4 is 16.9 Å². The number of aromatic amines is 1. The molecule has 4 rings (SSSR count). The van der Waals surface area contributed by atoms with Crippen LogP contribution in [-0.2, 0) is 16.0 Å². The van der Waals surface area contributed by atoms with Gasteiger partial charge in [0, 0.05) is 17.8 Å². The second kappa shape index (κ2) is 6.92. The lowest BCUT2D eigenvalue weighted by molar-refractivity contribution is -0.143. The summed E-state index contributed by atoms with van der Waals surface area (Å²) < 4.78 is 6.03. The Morgan fingerprint density at radius 3 is 3.00 bits per heavy atom. The van der Waals surface area contributed by atoms with Gasteiger partial charge in [-0.25, -0.2) is 4.98 Å². The van der Waals surface area contributed by atoms with E-state index in [1.54, 1.807) is 6.20 Å². The second-order valence-corrected chi connectivity index (χ2v) is 6.96. The molecule has 0 bridgehead atoms. The minimum atomic E-state index is -0.0685. The molecular weight excluding hydrogens is 326 g/mol. The van der Waals surface area contributed by atoms with Gasteiger partial charge >= 0.3 is 0 Å². The Hall–Kier alpha value is -2.66. The maximum Gasteiger partial charge on any atom is 0.227 e. The molecule has 3 heterocycles. The fourth-order valence-corrected chi connectivity index (χ4v) is 3.66. The first-order valence-corrected chi connectivity index (χ1v) is 9.01. The summed E-state index contributed by atoms with van der Waals surface area (Å²) in [6.45, 7) is 5.27. The molecular formula is C21H23N3O2. The Kier molecular flexibility index (Phi) is 4.47. The van der Waals surface area contributed by atoms with Crippen LogP contribution in [0.4, 0.5) is 0 Å². The van der Waals surface area contributed by atoms with Crippen molar-refractivity contribution in [1.82, 2.24) is 14.9 Å². The minimum absolute atomic E-state index is 0.0685. The Morgan fingerprint density at radius 2 is 2.15 bits per heavy atom. The first kappa shape index (κ1) is 16.8. The lowest BCUT2D eigenvalue weighted by atomic mass is 10.0. The third kappa shape index (κ3) is 3.10. The summed E-state index contributed by atoms with van der Waals surface area (Å²) in [5.41, 5.74) is 4.17. The van der Waals surface area contributed by atoms with E-state index < -0.39 is 0 Å². The molecule has 1 aliphatic heterocycles. The number of nitrogens with zero attached hydrogens (tertiary/aromatic N) is 2. The normalized spacial score (nSPS) is 20.5. The number of pyridine rings is 1. The summed E-state index contributed by atoms with van der Waals surface area (Å²) in [5.74, 6) is 0.129. The van der Waals surface area contributed by atoms with Crippen molar-refractivity contribution in [3.63, 3.8) is 0 Å². The van der Waals surface area contributed by atoms with Gasteiger partial charge in [0.25, 0.3) is 0 Å². The van der Waals surface area contributed by atoms with E-state index in [4.69, 9.17) is 4.74 Å². The number of rotatable bonds is 3. The highest BCUT2D eigenvalue weighted by Gasteiger charge is 2.31. The Labute approximate surface area is 153 Å². The summed E-state index contributed by atoms with van der Waals surface area (Å²) in [7, 11) is 0. The molecule has 0 spiro atoms. The summed E-state index contributed by atoms with van der Waals surface area (Å²) in [6, 6.07) is 12.2. The first-order chi connectivity index (χ1) is 12.6. The van der Waals surface area contributed by atoms with E-state index in [2.05, 4.69) is 29.0 Å². The average molecular weight is 349 g/mol. The largest absolute Gasteiger partial charge is 0.370 e. The van der Waals surface area contributed by atoms with Gasteiger partial charge in [0.05, 0.1) is 25.6 Å². The van der Waals surface area contributed by atoms with E-state index in [1.807, 2.05) is 42.3 Å². The number of benzene rings is 1. The molecule has 0 unspecified atom stereocenters. The smallest absolute Gasteiger partial charge is 0.227 e. The number of amides is 1. The van der Waals surface area contributed by atoms with E-state index in [0.717, 1.165) is 22.2 Å². The lowest BCUT2D eigenvalue weighted by Crippen LogP contribution is -2.48. The fraction of sp³-hybridized carbons (Fsp3) is 0.333. The predicted octanol–water partition coefficient (Wildman–Crippen LogP) is 3.40. The summed E-state index contributed by atoms with van der Waals surface area (Å²) in [5, 5.41) is 1.01. The molecule has 2 atom stereocenters. The number of carbonyl (C=O) groups is 1. The average Bonchev–Trinajstić information content (AvgIpc) is 3.06. The van der Waals surface area contributed by atoms with Crippen molar-refractivity contribution in [3.05, 3.63) is 65.5 Å². The molecule has 3 aromatic rings. The van der Waals surface area contributed by atoms with Crippen molar-refractivity contribution in [1.29, 1.82) is 0 Å². The SMILES string of the molecule is Cc1ccccc1[C@H]1CN(C(=O)Cc2c[nH]c3ncccc23)[C@@H](C)CO1. The van der Waals surface area contributed by atoms with Crippen LogP contribution in [0.1, 0.15) is 29.7 Å². The Morgan fingerprint density at radius 1 is 1.31 bits per heavy atom. The molecule has 26 heavy (non-hydrogen) atoms. The Bertz CT molecular complexity index is 934. The topological polar surface area (TPSA) is 58.2 Å². The van der Waals surface area contributed by atoms with E-state index >= 15 is 0 Å². The third-order valence-corrected chi connectivity index (χ3v) is 5.17. The van der Waals surface area contributed by atoms with Crippen molar-refractivity contribution in [2.75, 3.05) is 13.2 Å². The number of ether oxygens (including phenoxy) is 1. The molecule has 1 aliphatic rings. The van der Waals surface area contributed by atoms with Crippen LogP contribution in [0.15, 0.2) is 48.8 Å². The highest BCUT2D eigenvalue weighted by atomic mass is 16.5. The molecule has 0 saturated carbocycles. The van der Waals surface area contributed by atoms with E-state index in [1.165, 1.54) is 5.56 Å². The number of carbonyl (C=O) groups excluding carboxylic acids is 1. The zero-order valence-corrected chi connectivity index (χ0v) is 15.1. The van der Waals surface area contributed by atoms with Crippen LogP contribution < -0.4 is 0 Å². The van der Waals surface area contributed by atoms with E-state index in [0.29, 0.717) is 19.6 Å². The molecule has 1 N–H and O–H groups in total. The first-order valence-electron chi connectivity index (χ1n) is 9.01. The molecule has 5 nitrogen and oxygen atoms in total. The number of aromatic nitrogens is 2. The number of H-pyrrole nitrogens is 1. The summed E-state index contributed by atoms with van der Waals surface area (Å²) >= 11 is 0. The van der Waals surface area contributed by atoms with E-state index in [9.17, 15) is 4.79 Å². The zero-order chi connectivity index (χ0) is 18.1. The van der Waals surface area contributed by atoms with Crippen LogP contribution in [0.3, 0.4) is 0 Å². The quantitative estimate of drug-likeness (QED) is 0.788. The summed E-state index contributed by atoms with van der Waals surface area (Å²) in [4.78, 5) is 22.4. The monoisotopic (exact) mass is 349 g/mol. The number of hydrogen-bond acceptors (Lipinski definition) is 3. The molecule has 0 aliphatic carbocycles. The van der Waals surface area contributed by atoms with Gasteiger partial charge in [-0.15, -0.1) is 0 Å². The number of aryl methyl sites for hydroxylation is 1. The fourth-order valence-electron chi connectivity index (χ4n) is 3.66. The maximum atomic E-state index is 13.0. The molecule has 5 heteroatoms. The second-order valence-electron chi connectivity index (χ2n) is 6.96. The van der Waals surface area contributed by atoms with E-state index in [-0.39, 0.29) is 18.1 Å². The molecule has 0 radical (unpaired) electrons. The van der Waals surface area contributed by atoms with Gasteiger partial charge in [0.1, 0.15) is 11.8 Å². The van der Waals surface area contributed by atoms with Crippen molar-refractivity contribution < 1.29 is 9.53 Å². The highest BCUT2D eigenvalue weighted by Crippen LogP contribution is 2.28. The van der Waals surface area contributed by atoms with Crippen molar-refractivity contribution in [2.24, 2.45) is 0 Å². The molecule has 2 aromatic heterocycles. The number of nitrogens with one attached hydrogen (secondary N) is 1. The van der Waals surface area contributed by atoms with Gasteiger partial charge in [-0.2, -0.15) is 0 Å². The highest BCUT2D eigenvalue weighted by molar-refractivity contribution is 5.87. The molecule has 1 saturated heterocycles. The van der Waals surface area contributed by atoms with Gasteiger partial charge in [-0.3, -0.25) is 4.79 Å². The predicted molar refractivity (Wildman–Crippen MR) is 101 cm³/mol. The van der Waals surface area contributed by atoms with Crippen molar-refractivity contribution in [2.45, 2.75) is 32.4 Å². The van der Waals surface area contributed by atoms with Crippen LogP contribution in [0.25, 0.3) is 11.0 Å². The van der Waals surface area contributed by atoms with Crippen molar-refractivity contribution in [3.8, 4) is 0 Å². The standard InChI is InChI=1S/C21H23N3O2/c1-14-6-3-4-7-17(14)19-12-24(15(2)13-26-19)20(25)10-16-11-23-21-18(16)8-5-9-22-21/h3-9,11,15,19H,10,12-13H2,1-2H3,(H,22,23)/t15-,19+/m0/s1.